The van der Waals surface area contributed by atoms with Gasteiger partial charge in [-0.1, -0.05) is 17.7 Å². The second-order valence-electron chi connectivity index (χ2n) is 4.10. The Balaban J connectivity index is 2.09. The van der Waals surface area contributed by atoms with Gasteiger partial charge in [-0.2, -0.15) is 0 Å². The number of phenolic OH excluding ortho intramolecular Hbond substituents is 1. The van der Waals surface area contributed by atoms with Crippen molar-refractivity contribution in [3.8, 4) is 5.75 Å². The van der Waals surface area contributed by atoms with Crippen molar-refractivity contribution in [1.82, 2.24) is 0 Å². The summed E-state index contributed by atoms with van der Waals surface area (Å²) in [5, 5.41) is 13.4. The molecule has 0 aliphatic carbocycles. The molecule has 94 valence electrons. The summed E-state index contributed by atoms with van der Waals surface area (Å²) < 4.78 is 0.894. The van der Waals surface area contributed by atoms with Crippen molar-refractivity contribution >= 4 is 33.2 Å². The van der Waals surface area contributed by atoms with E-state index in [2.05, 4.69) is 21.2 Å². The summed E-state index contributed by atoms with van der Waals surface area (Å²) >= 11 is 9.35. The van der Waals surface area contributed by atoms with Crippen molar-refractivity contribution < 1.29 is 5.11 Å². The van der Waals surface area contributed by atoms with Crippen LogP contribution >= 0.6 is 27.5 Å². The smallest absolute Gasteiger partial charge is 0.115 e. The molecule has 2 rings (SSSR count). The molecule has 0 aliphatic heterocycles. The number of aromatic hydroxyl groups is 1. The molecular weight excluding hydrogens is 314 g/mol. The molecule has 0 amide bonds. The summed E-state index contributed by atoms with van der Waals surface area (Å²) in [6, 6.07) is 11.1. The molecule has 0 heterocycles. The van der Waals surface area contributed by atoms with E-state index in [0.717, 1.165) is 21.3 Å². The van der Waals surface area contributed by atoms with Crippen LogP contribution in [0, 0.1) is 6.92 Å². The van der Waals surface area contributed by atoms with Crippen molar-refractivity contribution in [1.29, 1.82) is 0 Å². The summed E-state index contributed by atoms with van der Waals surface area (Å²) in [5.41, 5.74) is 3.17. The lowest BCUT2D eigenvalue weighted by Crippen LogP contribution is -2.00. The fraction of sp³-hybridized carbons (Fsp3) is 0.143. The summed E-state index contributed by atoms with van der Waals surface area (Å²) in [5.74, 6) is 0.285. The molecule has 18 heavy (non-hydrogen) atoms. The van der Waals surface area contributed by atoms with Crippen LogP contribution in [0.25, 0.3) is 0 Å². The van der Waals surface area contributed by atoms with Crippen LogP contribution < -0.4 is 5.32 Å². The van der Waals surface area contributed by atoms with E-state index in [1.165, 1.54) is 0 Å². The second kappa shape index (κ2) is 5.63. The average molecular weight is 327 g/mol. The lowest BCUT2D eigenvalue weighted by Gasteiger charge is -2.10. The van der Waals surface area contributed by atoms with Crippen LogP contribution in [0.15, 0.2) is 40.9 Å². The standard InChI is InChI=1S/C14H13BrClNO/c1-9-6-11(18)3-5-14(9)17-8-10-2-4-13(16)12(15)7-10/h2-7,17-18H,8H2,1H3. The minimum absolute atomic E-state index is 0.285. The van der Waals surface area contributed by atoms with Crippen LogP contribution in [-0.2, 0) is 6.54 Å². The second-order valence-corrected chi connectivity index (χ2v) is 5.36. The summed E-state index contributed by atoms with van der Waals surface area (Å²) in [7, 11) is 0. The van der Waals surface area contributed by atoms with Gasteiger partial charge in [-0.3, -0.25) is 0 Å². The lowest BCUT2D eigenvalue weighted by atomic mass is 10.1. The van der Waals surface area contributed by atoms with Gasteiger partial charge in [0.05, 0.1) is 5.02 Å². The topological polar surface area (TPSA) is 32.3 Å². The highest BCUT2D eigenvalue weighted by Crippen LogP contribution is 2.24. The van der Waals surface area contributed by atoms with Crippen LogP contribution in [-0.4, -0.2) is 5.11 Å². The van der Waals surface area contributed by atoms with Gasteiger partial charge >= 0.3 is 0 Å². The maximum atomic E-state index is 9.34. The maximum absolute atomic E-state index is 9.34. The molecule has 0 radical (unpaired) electrons. The molecule has 0 unspecified atom stereocenters. The van der Waals surface area contributed by atoms with Gasteiger partial charge in [0, 0.05) is 16.7 Å². The molecule has 0 bridgehead atoms. The third-order valence-corrected chi connectivity index (χ3v) is 3.89. The van der Waals surface area contributed by atoms with Crippen molar-refractivity contribution in [3.05, 3.63) is 57.0 Å². The van der Waals surface area contributed by atoms with Crippen LogP contribution in [0.5, 0.6) is 5.75 Å². The predicted octanol–water partition coefficient (Wildman–Crippen LogP) is 4.73. The number of hydrogen-bond acceptors (Lipinski definition) is 2. The number of halogens is 2. The average Bonchev–Trinajstić information content (AvgIpc) is 2.32. The Kier molecular flexibility index (Phi) is 4.15. The van der Waals surface area contributed by atoms with Gasteiger partial charge in [0.1, 0.15) is 5.75 Å². The van der Waals surface area contributed by atoms with Gasteiger partial charge < -0.3 is 10.4 Å². The Morgan fingerprint density at radius 3 is 2.67 bits per heavy atom. The molecule has 0 saturated carbocycles. The van der Waals surface area contributed by atoms with E-state index in [0.29, 0.717) is 11.6 Å². The number of benzene rings is 2. The quantitative estimate of drug-likeness (QED) is 0.799. The van der Waals surface area contributed by atoms with Crippen LogP contribution in [0.4, 0.5) is 5.69 Å². The third kappa shape index (κ3) is 3.18. The molecule has 2 aromatic carbocycles. The van der Waals surface area contributed by atoms with Crippen LogP contribution in [0.2, 0.25) is 5.02 Å². The van der Waals surface area contributed by atoms with E-state index in [9.17, 15) is 5.11 Å². The number of rotatable bonds is 3. The van der Waals surface area contributed by atoms with Crippen LogP contribution in [0.3, 0.4) is 0 Å². The SMILES string of the molecule is Cc1cc(O)ccc1NCc1ccc(Cl)c(Br)c1. The minimum atomic E-state index is 0.285. The molecule has 2 N–H and O–H groups in total. The van der Waals surface area contributed by atoms with Gasteiger partial charge in [0.15, 0.2) is 0 Å². The van der Waals surface area contributed by atoms with Gasteiger partial charge in [0.25, 0.3) is 0 Å². The molecular formula is C14H13BrClNO. The molecule has 2 aromatic rings. The van der Waals surface area contributed by atoms with Crippen LogP contribution in [0.1, 0.15) is 11.1 Å². The van der Waals surface area contributed by atoms with Gasteiger partial charge in [-0.25, -0.2) is 0 Å². The molecule has 0 atom stereocenters. The maximum Gasteiger partial charge on any atom is 0.115 e. The molecule has 2 nitrogen and oxygen atoms in total. The van der Waals surface area contributed by atoms with E-state index >= 15 is 0 Å². The molecule has 0 saturated heterocycles. The van der Waals surface area contributed by atoms with E-state index in [1.807, 2.05) is 31.2 Å². The normalized spacial score (nSPS) is 10.4. The zero-order valence-corrected chi connectivity index (χ0v) is 12.2. The monoisotopic (exact) mass is 325 g/mol. The molecule has 4 heteroatoms. The highest BCUT2D eigenvalue weighted by atomic mass is 79.9. The van der Waals surface area contributed by atoms with E-state index < -0.39 is 0 Å². The Morgan fingerprint density at radius 2 is 2.00 bits per heavy atom. The van der Waals surface area contributed by atoms with E-state index in [4.69, 9.17) is 11.6 Å². The highest BCUT2D eigenvalue weighted by Gasteiger charge is 2.01. The van der Waals surface area contributed by atoms with Crippen molar-refractivity contribution in [2.75, 3.05) is 5.32 Å². The van der Waals surface area contributed by atoms with Crippen molar-refractivity contribution in [2.24, 2.45) is 0 Å². The first-order chi connectivity index (χ1) is 8.56. The summed E-state index contributed by atoms with van der Waals surface area (Å²) in [6.45, 7) is 2.67. The number of hydrogen-bond donors (Lipinski definition) is 2. The fourth-order valence-electron chi connectivity index (χ4n) is 1.69. The third-order valence-electron chi connectivity index (χ3n) is 2.68. The molecule has 0 aliphatic rings. The van der Waals surface area contributed by atoms with Gasteiger partial charge in [0.2, 0.25) is 0 Å². The zero-order valence-electron chi connectivity index (χ0n) is 9.87. The minimum Gasteiger partial charge on any atom is -0.508 e. The first-order valence-electron chi connectivity index (χ1n) is 5.53. The van der Waals surface area contributed by atoms with Gasteiger partial charge in [-0.15, -0.1) is 0 Å². The number of phenols is 1. The van der Waals surface area contributed by atoms with E-state index in [-0.39, 0.29) is 5.75 Å². The summed E-state index contributed by atoms with van der Waals surface area (Å²) in [6.07, 6.45) is 0. The molecule has 0 aromatic heterocycles. The molecule has 0 fully saturated rings. The largest absolute Gasteiger partial charge is 0.508 e. The Morgan fingerprint density at radius 1 is 1.22 bits per heavy atom. The predicted molar refractivity (Wildman–Crippen MR) is 79.3 cm³/mol. The number of aryl methyl sites for hydroxylation is 1. The van der Waals surface area contributed by atoms with Crippen molar-refractivity contribution in [2.45, 2.75) is 13.5 Å². The Bertz CT molecular complexity index is 572. The molecule has 0 spiro atoms. The lowest BCUT2D eigenvalue weighted by molar-refractivity contribution is 0.475. The summed E-state index contributed by atoms with van der Waals surface area (Å²) in [4.78, 5) is 0. The zero-order chi connectivity index (χ0) is 13.1. The number of nitrogens with one attached hydrogen (secondary N) is 1. The first-order valence-corrected chi connectivity index (χ1v) is 6.71. The first kappa shape index (κ1) is 13.2. The Labute approximate surface area is 120 Å². The fourth-order valence-corrected chi connectivity index (χ4v) is 2.24. The Hall–Kier alpha value is -1.19. The van der Waals surface area contributed by atoms with Gasteiger partial charge in [-0.05, 0) is 64.3 Å². The van der Waals surface area contributed by atoms with Crippen molar-refractivity contribution in [3.63, 3.8) is 0 Å². The number of anilines is 1. The van der Waals surface area contributed by atoms with E-state index in [1.54, 1.807) is 12.1 Å². The highest BCUT2D eigenvalue weighted by molar-refractivity contribution is 9.10.